The third-order valence-electron chi connectivity index (χ3n) is 5.56. The summed E-state index contributed by atoms with van der Waals surface area (Å²) in [6.45, 7) is 0. The average Bonchev–Trinajstić information content (AvgIpc) is 2.34. The maximum absolute atomic E-state index is 12.6. The summed E-state index contributed by atoms with van der Waals surface area (Å²) < 4.78 is 37.4. The van der Waals surface area contributed by atoms with E-state index in [0.717, 1.165) is 19.3 Å². The van der Waals surface area contributed by atoms with Gasteiger partial charge in [-0.05, 0) is 56.3 Å². The van der Waals surface area contributed by atoms with E-state index in [-0.39, 0.29) is 0 Å². The van der Waals surface area contributed by atoms with Gasteiger partial charge < -0.3 is 10.4 Å². The number of rotatable bonds is 4. The minimum absolute atomic E-state index is 0.475. The lowest BCUT2D eigenvalue weighted by atomic mass is 9.49. The third-order valence-corrected chi connectivity index (χ3v) is 5.56. The highest BCUT2D eigenvalue weighted by molar-refractivity contribution is 5.87. The van der Waals surface area contributed by atoms with Crippen molar-refractivity contribution in [2.45, 2.75) is 57.2 Å². The quantitative estimate of drug-likeness (QED) is 0.837. The molecule has 1 atom stereocenters. The number of alkyl halides is 3. The zero-order valence-corrected chi connectivity index (χ0v) is 12.2. The van der Waals surface area contributed by atoms with E-state index < -0.39 is 35.9 Å². The monoisotopic (exact) mass is 319 g/mol. The van der Waals surface area contributed by atoms with Gasteiger partial charge in [0.15, 0.2) is 0 Å². The molecule has 124 valence electrons. The minimum atomic E-state index is -4.61. The molecule has 7 heteroatoms. The Morgan fingerprint density at radius 1 is 1.09 bits per heavy atom. The number of aliphatic carboxylic acids is 1. The fourth-order valence-electron chi connectivity index (χ4n) is 5.13. The van der Waals surface area contributed by atoms with E-state index in [4.69, 9.17) is 5.11 Å². The molecular formula is C15H20F3NO3. The van der Waals surface area contributed by atoms with Crippen LogP contribution in [0.1, 0.15) is 44.9 Å². The van der Waals surface area contributed by atoms with Crippen LogP contribution in [-0.2, 0) is 9.59 Å². The van der Waals surface area contributed by atoms with Gasteiger partial charge in [0.2, 0.25) is 5.91 Å². The molecule has 0 aromatic rings. The highest BCUT2D eigenvalue weighted by Gasteiger charge is 2.55. The van der Waals surface area contributed by atoms with Gasteiger partial charge in [-0.25, -0.2) is 4.79 Å². The summed E-state index contributed by atoms with van der Waals surface area (Å²) in [5, 5.41) is 11.1. The Balaban J connectivity index is 1.72. The van der Waals surface area contributed by atoms with Crippen LogP contribution < -0.4 is 5.32 Å². The van der Waals surface area contributed by atoms with Gasteiger partial charge in [0.05, 0.1) is 6.42 Å². The molecule has 1 amide bonds. The summed E-state index contributed by atoms with van der Waals surface area (Å²) >= 11 is 0. The maximum atomic E-state index is 12.6. The van der Waals surface area contributed by atoms with Gasteiger partial charge in [0, 0.05) is 5.41 Å². The molecule has 4 saturated carbocycles. The lowest BCUT2D eigenvalue weighted by Gasteiger charge is -2.55. The van der Waals surface area contributed by atoms with E-state index in [2.05, 4.69) is 5.32 Å². The number of carboxylic acid groups (broad SMARTS) is 1. The predicted octanol–water partition coefficient (Wildman–Crippen LogP) is 2.72. The molecule has 22 heavy (non-hydrogen) atoms. The zero-order chi connectivity index (χ0) is 16.1. The van der Waals surface area contributed by atoms with Crippen molar-refractivity contribution in [2.75, 3.05) is 0 Å². The van der Waals surface area contributed by atoms with Crippen LogP contribution in [0.25, 0.3) is 0 Å². The SMILES string of the molecule is O=C(O)C(CC(F)(F)F)NC(=O)C12CC3CC(CC(C3)C1)C2. The molecule has 4 aliphatic carbocycles. The van der Waals surface area contributed by atoms with Gasteiger partial charge in [-0.15, -0.1) is 0 Å². The van der Waals surface area contributed by atoms with Crippen molar-refractivity contribution >= 4 is 11.9 Å². The van der Waals surface area contributed by atoms with E-state index in [1.165, 1.54) is 0 Å². The predicted molar refractivity (Wildman–Crippen MR) is 70.8 cm³/mol. The Morgan fingerprint density at radius 3 is 1.91 bits per heavy atom. The Morgan fingerprint density at radius 2 is 1.55 bits per heavy atom. The molecule has 4 fully saturated rings. The molecule has 0 saturated heterocycles. The second kappa shape index (κ2) is 5.13. The van der Waals surface area contributed by atoms with Crippen LogP contribution in [0.5, 0.6) is 0 Å². The normalized spacial score (nSPS) is 37.9. The van der Waals surface area contributed by atoms with Crippen molar-refractivity contribution in [3.8, 4) is 0 Å². The zero-order valence-electron chi connectivity index (χ0n) is 12.2. The van der Waals surface area contributed by atoms with Gasteiger partial charge in [-0.2, -0.15) is 13.2 Å². The first-order valence-corrected chi connectivity index (χ1v) is 7.77. The number of halogens is 3. The van der Waals surface area contributed by atoms with E-state index in [1.54, 1.807) is 0 Å². The lowest BCUT2D eigenvalue weighted by molar-refractivity contribution is -0.164. The minimum Gasteiger partial charge on any atom is -0.480 e. The molecule has 0 aromatic heterocycles. The first kappa shape index (κ1) is 15.6. The number of carbonyl (C=O) groups excluding carboxylic acids is 1. The molecule has 4 bridgehead atoms. The summed E-state index contributed by atoms with van der Waals surface area (Å²) in [6.07, 6.45) is -0.722. The van der Waals surface area contributed by atoms with Crippen molar-refractivity contribution in [3.63, 3.8) is 0 Å². The van der Waals surface area contributed by atoms with Crippen molar-refractivity contribution in [2.24, 2.45) is 23.2 Å². The van der Waals surface area contributed by atoms with Gasteiger partial charge in [0.1, 0.15) is 6.04 Å². The highest BCUT2D eigenvalue weighted by atomic mass is 19.4. The maximum Gasteiger partial charge on any atom is 0.391 e. The van der Waals surface area contributed by atoms with Gasteiger partial charge in [0.25, 0.3) is 0 Å². The van der Waals surface area contributed by atoms with E-state index >= 15 is 0 Å². The smallest absolute Gasteiger partial charge is 0.391 e. The summed E-state index contributed by atoms with van der Waals surface area (Å²) in [7, 11) is 0. The van der Waals surface area contributed by atoms with E-state index in [0.29, 0.717) is 37.0 Å². The number of carbonyl (C=O) groups is 2. The van der Waals surface area contributed by atoms with Gasteiger partial charge in [-0.1, -0.05) is 0 Å². The third kappa shape index (κ3) is 2.94. The molecule has 4 nitrogen and oxygen atoms in total. The van der Waals surface area contributed by atoms with Crippen molar-refractivity contribution in [3.05, 3.63) is 0 Å². The Labute approximate surface area is 126 Å². The topological polar surface area (TPSA) is 66.4 Å². The van der Waals surface area contributed by atoms with Crippen LogP contribution in [0.3, 0.4) is 0 Å². The number of amides is 1. The van der Waals surface area contributed by atoms with Crippen LogP contribution >= 0.6 is 0 Å². The van der Waals surface area contributed by atoms with Crippen LogP contribution in [0.2, 0.25) is 0 Å². The molecule has 1 unspecified atom stereocenters. The summed E-state index contributed by atoms with van der Waals surface area (Å²) in [6, 6.07) is -1.89. The molecule has 0 aromatic carbocycles. The molecule has 0 aliphatic heterocycles. The van der Waals surface area contributed by atoms with Crippen LogP contribution in [-0.4, -0.2) is 29.2 Å². The van der Waals surface area contributed by atoms with E-state index in [9.17, 15) is 22.8 Å². The molecule has 2 N–H and O–H groups in total. The summed E-state index contributed by atoms with van der Waals surface area (Å²) in [5.74, 6) is -0.688. The number of carboxylic acids is 1. The average molecular weight is 319 g/mol. The van der Waals surface area contributed by atoms with Crippen molar-refractivity contribution in [1.29, 1.82) is 0 Å². The van der Waals surface area contributed by atoms with Crippen LogP contribution in [0.15, 0.2) is 0 Å². The first-order valence-electron chi connectivity index (χ1n) is 7.77. The van der Waals surface area contributed by atoms with E-state index in [1.807, 2.05) is 0 Å². The second-order valence-corrected chi connectivity index (χ2v) is 7.38. The Bertz CT molecular complexity index is 454. The second-order valence-electron chi connectivity index (χ2n) is 7.38. The first-order chi connectivity index (χ1) is 10.2. The standard InChI is InChI=1S/C15H20F3NO3/c16-15(17,18)7-11(12(20)21)19-13(22)14-4-8-1-9(5-14)3-10(2-8)6-14/h8-11H,1-7H2,(H,19,22)(H,20,21). The molecule has 0 spiro atoms. The van der Waals surface area contributed by atoms with Crippen molar-refractivity contribution in [1.82, 2.24) is 5.32 Å². The number of hydrogen-bond donors (Lipinski definition) is 2. The number of hydrogen-bond acceptors (Lipinski definition) is 2. The Kier molecular flexibility index (Phi) is 3.64. The van der Waals surface area contributed by atoms with Crippen LogP contribution in [0, 0.1) is 23.2 Å². The fourth-order valence-corrected chi connectivity index (χ4v) is 5.13. The highest BCUT2D eigenvalue weighted by Crippen LogP contribution is 2.60. The van der Waals surface area contributed by atoms with Crippen molar-refractivity contribution < 1.29 is 27.9 Å². The van der Waals surface area contributed by atoms with Gasteiger partial charge in [-0.3, -0.25) is 4.79 Å². The molecular weight excluding hydrogens is 299 g/mol. The molecule has 4 aliphatic rings. The molecule has 4 rings (SSSR count). The fraction of sp³-hybridized carbons (Fsp3) is 0.867. The molecule has 0 radical (unpaired) electrons. The number of nitrogens with one attached hydrogen (secondary N) is 1. The summed E-state index contributed by atoms with van der Waals surface area (Å²) in [4.78, 5) is 23.6. The van der Waals surface area contributed by atoms with Crippen LogP contribution in [0.4, 0.5) is 13.2 Å². The Hall–Kier alpha value is -1.27. The lowest BCUT2D eigenvalue weighted by Crippen LogP contribution is -2.56. The summed E-state index contributed by atoms with van der Waals surface area (Å²) in [5.41, 5.74) is -0.631. The van der Waals surface area contributed by atoms with Gasteiger partial charge >= 0.3 is 12.1 Å². The molecule has 0 heterocycles. The largest absolute Gasteiger partial charge is 0.480 e.